The maximum atomic E-state index is 13.0. The average molecular weight is 445 g/mol. The predicted molar refractivity (Wildman–Crippen MR) is 107 cm³/mol. The minimum atomic E-state index is -0.809. The van der Waals surface area contributed by atoms with E-state index in [0.717, 1.165) is 9.37 Å². The molecule has 8 heteroatoms. The molecule has 144 valence electrons. The molecule has 4 amide bonds. The van der Waals surface area contributed by atoms with Crippen molar-refractivity contribution in [2.24, 2.45) is 0 Å². The number of ether oxygens (including phenoxy) is 2. The highest BCUT2D eigenvalue weighted by Crippen LogP contribution is 2.28. The first-order chi connectivity index (χ1) is 13.4. The molecule has 1 N–H and O–H groups in total. The van der Waals surface area contributed by atoms with Crippen LogP contribution >= 0.6 is 15.9 Å². The molecule has 0 saturated carbocycles. The van der Waals surface area contributed by atoms with Crippen LogP contribution in [0.3, 0.4) is 0 Å². The van der Waals surface area contributed by atoms with Gasteiger partial charge in [-0.25, -0.2) is 9.69 Å². The van der Waals surface area contributed by atoms with Gasteiger partial charge in [-0.05, 0) is 55.5 Å². The number of methoxy groups -OCH3 is 1. The highest BCUT2D eigenvalue weighted by atomic mass is 79.9. The standard InChI is InChI=1S/C20H17BrN2O5/c1-3-28-17-9-4-13(21)10-12(17)11-16-18(24)22-20(26)23(19(16)25)14-5-7-15(27-2)8-6-14/h4-11H,3H2,1-2H3,(H,22,24,26)/b16-11+. The number of barbiturate groups is 1. The van der Waals surface area contributed by atoms with Crippen LogP contribution in [0.25, 0.3) is 6.08 Å². The number of urea groups is 1. The lowest BCUT2D eigenvalue weighted by Gasteiger charge is -2.26. The Morgan fingerprint density at radius 1 is 1.11 bits per heavy atom. The van der Waals surface area contributed by atoms with Gasteiger partial charge < -0.3 is 9.47 Å². The van der Waals surface area contributed by atoms with E-state index in [1.807, 2.05) is 6.92 Å². The van der Waals surface area contributed by atoms with Gasteiger partial charge in [0.2, 0.25) is 0 Å². The van der Waals surface area contributed by atoms with Gasteiger partial charge in [0.15, 0.2) is 0 Å². The summed E-state index contributed by atoms with van der Waals surface area (Å²) in [5.41, 5.74) is 0.689. The fourth-order valence-electron chi connectivity index (χ4n) is 2.70. The molecule has 1 fully saturated rings. The lowest BCUT2D eigenvalue weighted by Crippen LogP contribution is -2.54. The van der Waals surface area contributed by atoms with Gasteiger partial charge in [0.1, 0.15) is 17.1 Å². The minimum absolute atomic E-state index is 0.172. The van der Waals surface area contributed by atoms with E-state index < -0.39 is 17.8 Å². The van der Waals surface area contributed by atoms with Crippen LogP contribution in [0.15, 0.2) is 52.5 Å². The van der Waals surface area contributed by atoms with E-state index in [1.54, 1.807) is 42.5 Å². The SMILES string of the molecule is CCOc1ccc(Br)cc1/C=C1\C(=O)NC(=O)N(c2ccc(OC)cc2)C1=O. The zero-order valence-electron chi connectivity index (χ0n) is 15.2. The first kappa shape index (κ1) is 19.6. The van der Waals surface area contributed by atoms with Gasteiger partial charge in [0.05, 0.1) is 19.4 Å². The normalized spacial score (nSPS) is 15.6. The van der Waals surface area contributed by atoms with Gasteiger partial charge >= 0.3 is 6.03 Å². The van der Waals surface area contributed by atoms with Gasteiger partial charge in [0, 0.05) is 10.0 Å². The topological polar surface area (TPSA) is 84.9 Å². The molecule has 0 radical (unpaired) electrons. The molecule has 2 aromatic carbocycles. The second-order valence-electron chi connectivity index (χ2n) is 5.77. The Bertz CT molecular complexity index is 969. The van der Waals surface area contributed by atoms with Crippen LogP contribution in [-0.2, 0) is 9.59 Å². The second-order valence-corrected chi connectivity index (χ2v) is 6.69. The van der Waals surface area contributed by atoms with E-state index in [0.29, 0.717) is 29.4 Å². The fraction of sp³-hybridized carbons (Fsp3) is 0.150. The Hall–Kier alpha value is -3.13. The molecule has 0 bridgehead atoms. The molecular formula is C20H17BrN2O5. The molecule has 0 aliphatic carbocycles. The number of halogens is 1. The molecule has 2 aromatic rings. The number of carbonyl (C=O) groups is 3. The van der Waals surface area contributed by atoms with Crippen LogP contribution in [0, 0.1) is 0 Å². The first-order valence-electron chi connectivity index (χ1n) is 8.42. The Balaban J connectivity index is 2.02. The van der Waals surface area contributed by atoms with Crippen molar-refractivity contribution >= 4 is 45.5 Å². The van der Waals surface area contributed by atoms with Crippen molar-refractivity contribution in [1.29, 1.82) is 0 Å². The molecule has 0 unspecified atom stereocenters. The van der Waals surface area contributed by atoms with Crippen molar-refractivity contribution in [3.05, 3.63) is 58.1 Å². The number of nitrogens with zero attached hydrogens (tertiary/aromatic N) is 1. The van der Waals surface area contributed by atoms with Gasteiger partial charge in [-0.2, -0.15) is 0 Å². The lowest BCUT2D eigenvalue weighted by atomic mass is 10.1. The number of amides is 4. The van der Waals surface area contributed by atoms with Crippen LogP contribution in [0.2, 0.25) is 0 Å². The number of benzene rings is 2. The van der Waals surface area contributed by atoms with Gasteiger partial charge in [-0.1, -0.05) is 15.9 Å². The number of carbonyl (C=O) groups excluding carboxylic acids is 3. The molecule has 28 heavy (non-hydrogen) atoms. The number of hydrogen-bond acceptors (Lipinski definition) is 5. The van der Waals surface area contributed by atoms with Crippen molar-refractivity contribution in [3.8, 4) is 11.5 Å². The predicted octanol–water partition coefficient (Wildman–Crippen LogP) is 3.52. The minimum Gasteiger partial charge on any atom is -0.497 e. The van der Waals surface area contributed by atoms with E-state index in [2.05, 4.69) is 21.2 Å². The highest BCUT2D eigenvalue weighted by molar-refractivity contribution is 9.10. The fourth-order valence-corrected chi connectivity index (χ4v) is 3.08. The van der Waals surface area contributed by atoms with Gasteiger partial charge in [-0.3, -0.25) is 14.9 Å². The number of imide groups is 2. The number of anilines is 1. The monoisotopic (exact) mass is 444 g/mol. The van der Waals surface area contributed by atoms with Crippen molar-refractivity contribution in [2.75, 3.05) is 18.6 Å². The van der Waals surface area contributed by atoms with Crippen LogP contribution in [0.4, 0.5) is 10.5 Å². The number of hydrogen-bond donors (Lipinski definition) is 1. The van der Waals surface area contributed by atoms with Crippen LogP contribution in [0.5, 0.6) is 11.5 Å². The summed E-state index contributed by atoms with van der Waals surface area (Å²) in [6.45, 7) is 2.26. The molecule has 3 rings (SSSR count). The van der Waals surface area contributed by atoms with E-state index >= 15 is 0 Å². The summed E-state index contributed by atoms with van der Waals surface area (Å²) in [7, 11) is 1.52. The summed E-state index contributed by atoms with van der Waals surface area (Å²) in [4.78, 5) is 38.5. The third-order valence-corrected chi connectivity index (χ3v) is 4.50. The van der Waals surface area contributed by atoms with Crippen LogP contribution in [0.1, 0.15) is 12.5 Å². The zero-order valence-corrected chi connectivity index (χ0v) is 16.8. The Labute approximate surface area is 170 Å². The number of rotatable bonds is 5. The largest absolute Gasteiger partial charge is 0.497 e. The Kier molecular flexibility index (Phi) is 5.79. The first-order valence-corrected chi connectivity index (χ1v) is 9.21. The molecule has 7 nitrogen and oxygen atoms in total. The van der Waals surface area contributed by atoms with Crippen LogP contribution in [-0.4, -0.2) is 31.6 Å². The second kappa shape index (κ2) is 8.26. The van der Waals surface area contributed by atoms with Crippen molar-refractivity contribution in [1.82, 2.24) is 5.32 Å². The molecule has 1 aliphatic rings. The molecular weight excluding hydrogens is 428 g/mol. The van der Waals surface area contributed by atoms with Crippen molar-refractivity contribution in [2.45, 2.75) is 6.92 Å². The molecule has 0 aromatic heterocycles. The van der Waals surface area contributed by atoms with Gasteiger partial charge in [0.25, 0.3) is 11.8 Å². The van der Waals surface area contributed by atoms with Crippen molar-refractivity contribution in [3.63, 3.8) is 0 Å². The number of nitrogens with one attached hydrogen (secondary N) is 1. The maximum Gasteiger partial charge on any atom is 0.335 e. The van der Waals surface area contributed by atoms with E-state index in [4.69, 9.17) is 9.47 Å². The molecule has 1 saturated heterocycles. The third-order valence-electron chi connectivity index (χ3n) is 4.00. The van der Waals surface area contributed by atoms with E-state index in [9.17, 15) is 14.4 Å². The summed E-state index contributed by atoms with van der Waals surface area (Å²) in [5.74, 6) is -0.383. The smallest absolute Gasteiger partial charge is 0.335 e. The molecule has 0 spiro atoms. The lowest BCUT2D eigenvalue weighted by molar-refractivity contribution is -0.122. The summed E-state index contributed by atoms with van der Waals surface area (Å²) in [6.07, 6.45) is 1.41. The van der Waals surface area contributed by atoms with Crippen LogP contribution < -0.4 is 19.7 Å². The van der Waals surface area contributed by atoms with Crippen molar-refractivity contribution < 1.29 is 23.9 Å². The zero-order chi connectivity index (χ0) is 20.3. The van der Waals surface area contributed by atoms with Gasteiger partial charge in [-0.15, -0.1) is 0 Å². The quantitative estimate of drug-likeness (QED) is 0.563. The summed E-state index contributed by atoms with van der Waals surface area (Å²) in [5, 5.41) is 2.20. The highest BCUT2D eigenvalue weighted by Gasteiger charge is 2.37. The maximum absolute atomic E-state index is 13.0. The molecule has 1 aliphatic heterocycles. The van der Waals surface area contributed by atoms with E-state index in [-0.39, 0.29) is 5.57 Å². The third kappa shape index (κ3) is 3.91. The molecule has 0 atom stereocenters. The Morgan fingerprint density at radius 3 is 2.46 bits per heavy atom. The molecule has 1 heterocycles. The summed E-state index contributed by atoms with van der Waals surface area (Å²) < 4.78 is 11.4. The summed E-state index contributed by atoms with van der Waals surface area (Å²) in [6, 6.07) is 10.8. The average Bonchev–Trinajstić information content (AvgIpc) is 2.67. The van der Waals surface area contributed by atoms with E-state index in [1.165, 1.54) is 13.2 Å². The Morgan fingerprint density at radius 2 is 1.82 bits per heavy atom. The summed E-state index contributed by atoms with van der Waals surface area (Å²) >= 11 is 3.37.